The second-order valence-electron chi connectivity index (χ2n) is 1.16. The fourth-order valence-electron chi connectivity index (χ4n) is 0.320. The van der Waals surface area contributed by atoms with Crippen molar-refractivity contribution in [2.75, 3.05) is 0 Å². The molecule has 0 amide bonds. The van der Waals surface area contributed by atoms with Crippen LogP contribution in [0.2, 0.25) is 5.28 Å². The summed E-state index contributed by atoms with van der Waals surface area (Å²) in [6.45, 7) is 0. The lowest BCUT2D eigenvalue weighted by molar-refractivity contribution is -0.337. The van der Waals surface area contributed by atoms with E-state index in [1.165, 1.54) is 0 Å². The van der Waals surface area contributed by atoms with Crippen molar-refractivity contribution in [1.82, 2.24) is 9.97 Å². The molecule has 0 spiro atoms. The van der Waals surface area contributed by atoms with Crippen LogP contribution < -0.4 is 22.6 Å². The lowest BCUT2D eigenvalue weighted by Crippen LogP contribution is -3.34. The van der Waals surface area contributed by atoms with Crippen molar-refractivity contribution in [3.8, 4) is 0 Å². The third-order valence-corrected chi connectivity index (χ3v) is 1.43. The zero-order chi connectivity index (χ0) is 5.98. The van der Waals surface area contributed by atoms with Gasteiger partial charge in [0.25, 0.3) is 3.70 Å². The van der Waals surface area contributed by atoms with Gasteiger partial charge in [-0.05, 0) is 11.6 Å². The zero-order valence-corrected chi connectivity index (χ0v) is 6.92. The molecule has 1 rings (SSSR count). The van der Waals surface area contributed by atoms with E-state index in [1.54, 1.807) is 34.9 Å². The van der Waals surface area contributed by atoms with Crippen molar-refractivity contribution in [3.63, 3.8) is 0 Å². The van der Waals surface area contributed by atoms with Crippen LogP contribution in [-0.2, 0) is 0 Å². The summed E-state index contributed by atoms with van der Waals surface area (Å²) < 4.78 is 0.904. The first-order chi connectivity index (χ1) is 3.79. The number of halogens is 2. The highest BCUT2D eigenvalue weighted by Gasteiger charge is 1.95. The Balaban J connectivity index is 3.08. The Morgan fingerprint density at radius 3 is 2.75 bits per heavy atom. The van der Waals surface area contributed by atoms with E-state index in [0.29, 0.717) is 5.28 Å². The molecule has 0 N–H and O–H groups in total. The molecule has 8 heavy (non-hydrogen) atoms. The Hall–Kier alpha value is 0.1000. The highest BCUT2D eigenvalue weighted by Crippen LogP contribution is 1.92. The van der Waals surface area contributed by atoms with Gasteiger partial charge in [-0.1, -0.05) is 0 Å². The summed E-state index contributed by atoms with van der Waals surface area (Å²) in [5, 5.41) is 0.313. The lowest BCUT2D eigenvalue weighted by atomic mass is 10.7. The van der Waals surface area contributed by atoms with Crippen LogP contribution in [0.3, 0.4) is 0 Å². The smallest absolute Gasteiger partial charge is 0.226 e. The van der Waals surface area contributed by atoms with Crippen molar-refractivity contribution >= 4 is 11.6 Å². The van der Waals surface area contributed by atoms with Crippen molar-refractivity contribution in [1.29, 1.82) is 0 Å². The summed E-state index contributed by atoms with van der Waals surface area (Å²) in [6.07, 6.45) is 1.63. The van der Waals surface area contributed by atoms with Gasteiger partial charge in [0.05, 0.1) is 0 Å². The molecule has 0 atom stereocenters. The quantitative estimate of drug-likeness (QED) is 0.287. The molecule has 2 nitrogen and oxygen atoms in total. The SMILES string of the molecule is Clc1nccc([IH+])n1. The first-order valence-electron chi connectivity index (χ1n) is 1.94. The standard InChI is InChI=1S/C4H3ClIN2/c5-4-7-2-1-3(6)8-4/h1-2,6H/q+1. The Morgan fingerprint density at radius 2 is 2.38 bits per heavy atom. The largest absolute Gasteiger partial charge is 0.318 e. The highest BCUT2D eigenvalue weighted by molar-refractivity contribution is 6.28. The maximum Gasteiger partial charge on any atom is 0.318 e. The van der Waals surface area contributed by atoms with Gasteiger partial charge in [0.1, 0.15) is 0 Å². The molecular weight excluding hydrogens is 238 g/mol. The van der Waals surface area contributed by atoms with Gasteiger partial charge in [-0.2, -0.15) is 4.98 Å². The number of rotatable bonds is 0. The average molecular weight is 241 g/mol. The number of aromatic nitrogens is 2. The van der Waals surface area contributed by atoms with E-state index in [-0.39, 0.29) is 0 Å². The maximum atomic E-state index is 5.42. The highest BCUT2D eigenvalue weighted by atomic mass is 127. The fraction of sp³-hybridized carbons (Fsp3) is 0. The van der Waals surface area contributed by atoms with Crippen molar-refractivity contribution in [2.24, 2.45) is 0 Å². The predicted molar refractivity (Wildman–Crippen MR) is 27.1 cm³/mol. The molecule has 0 unspecified atom stereocenters. The summed E-state index contributed by atoms with van der Waals surface area (Å²) in [6, 6.07) is 1.80. The summed E-state index contributed by atoms with van der Waals surface area (Å²) in [4.78, 5) is 7.53. The fourth-order valence-corrected chi connectivity index (χ4v) is 1.04. The Labute approximate surface area is 65.4 Å². The van der Waals surface area contributed by atoms with Crippen molar-refractivity contribution in [3.05, 3.63) is 21.2 Å². The first-order valence-corrected chi connectivity index (χ1v) is 3.49. The number of nitrogens with zero attached hydrogens (tertiary/aromatic N) is 2. The minimum absolute atomic E-state index is 0.313. The summed E-state index contributed by atoms with van der Waals surface area (Å²) >= 11 is 7.23. The van der Waals surface area contributed by atoms with E-state index in [4.69, 9.17) is 11.6 Å². The van der Waals surface area contributed by atoms with E-state index in [2.05, 4.69) is 9.97 Å². The van der Waals surface area contributed by atoms with Gasteiger partial charge in [-0.3, -0.25) is 0 Å². The maximum absolute atomic E-state index is 5.42. The van der Waals surface area contributed by atoms with Crippen molar-refractivity contribution in [2.45, 2.75) is 0 Å². The van der Waals surface area contributed by atoms with Crippen LogP contribution in [0, 0.1) is 3.70 Å². The molecule has 0 radical (unpaired) electrons. The zero-order valence-electron chi connectivity index (χ0n) is 3.84. The monoisotopic (exact) mass is 241 g/mol. The molecule has 0 bridgehead atoms. The Kier molecular flexibility index (Phi) is 2.01. The van der Waals surface area contributed by atoms with Crippen LogP contribution >= 0.6 is 11.6 Å². The average Bonchev–Trinajstić information content (AvgIpc) is 1.64. The van der Waals surface area contributed by atoms with Crippen LogP contribution in [-0.4, -0.2) is 9.97 Å². The van der Waals surface area contributed by atoms with E-state index >= 15 is 0 Å². The molecule has 0 aliphatic carbocycles. The summed E-state index contributed by atoms with van der Waals surface area (Å²) in [5.41, 5.74) is 0. The molecule has 0 aliphatic heterocycles. The van der Waals surface area contributed by atoms with Gasteiger partial charge in [-0.25, -0.2) is 4.98 Å². The summed E-state index contributed by atoms with van der Waals surface area (Å²) in [7, 11) is 0. The van der Waals surface area contributed by atoms with Crippen molar-refractivity contribution < 1.29 is 22.6 Å². The minimum Gasteiger partial charge on any atom is -0.226 e. The predicted octanol–water partition coefficient (Wildman–Crippen LogP) is -2.41. The molecule has 1 aromatic rings. The normalized spacial score (nSPS) is 9.25. The molecule has 0 aliphatic rings. The Bertz CT molecular complexity index is 174. The second-order valence-corrected chi connectivity index (χ2v) is 2.70. The lowest BCUT2D eigenvalue weighted by Gasteiger charge is -1.80. The van der Waals surface area contributed by atoms with E-state index in [0.717, 1.165) is 3.70 Å². The first kappa shape index (κ1) is 6.22. The van der Waals surface area contributed by atoms with E-state index < -0.39 is 0 Å². The van der Waals surface area contributed by atoms with Crippen LogP contribution in [0.15, 0.2) is 12.3 Å². The van der Waals surface area contributed by atoms with E-state index in [9.17, 15) is 0 Å². The van der Waals surface area contributed by atoms with Crippen LogP contribution in [0.5, 0.6) is 0 Å². The van der Waals surface area contributed by atoms with Gasteiger partial charge in [-0.15, -0.1) is 0 Å². The molecule has 0 aromatic carbocycles. The molecule has 4 heteroatoms. The molecule has 1 heterocycles. The third kappa shape index (κ3) is 1.56. The molecular formula is C4H3ClIN2+. The van der Waals surface area contributed by atoms with Gasteiger partial charge < -0.3 is 0 Å². The van der Waals surface area contributed by atoms with Crippen LogP contribution in [0.4, 0.5) is 0 Å². The van der Waals surface area contributed by atoms with Crippen LogP contribution in [0.1, 0.15) is 0 Å². The minimum atomic E-state index is 0.313. The van der Waals surface area contributed by atoms with Gasteiger partial charge in [0.15, 0.2) is 0 Å². The third-order valence-electron chi connectivity index (χ3n) is 0.601. The number of hydrogen-bond acceptors (Lipinski definition) is 2. The molecule has 42 valence electrons. The molecule has 0 fully saturated rings. The topological polar surface area (TPSA) is 25.8 Å². The van der Waals surface area contributed by atoms with E-state index in [1.807, 2.05) is 0 Å². The van der Waals surface area contributed by atoms with Crippen LogP contribution in [0.25, 0.3) is 0 Å². The second kappa shape index (κ2) is 2.59. The summed E-state index contributed by atoms with van der Waals surface area (Å²) in [5.74, 6) is 0. The molecule has 0 saturated carbocycles. The molecule has 0 saturated heterocycles. The van der Waals surface area contributed by atoms with Gasteiger partial charge in [0, 0.05) is 12.3 Å². The Morgan fingerprint density at radius 1 is 1.62 bits per heavy atom. The number of hydrogen-bond donors (Lipinski definition) is 0. The molecule has 1 aromatic heterocycles. The van der Waals surface area contributed by atoms with Gasteiger partial charge in [0.2, 0.25) is 5.28 Å². The van der Waals surface area contributed by atoms with Gasteiger partial charge >= 0.3 is 22.6 Å².